The van der Waals surface area contributed by atoms with Crippen molar-refractivity contribution in [3.8, 4) is 0 Å². The maximum Gasteiger partial charge on any atom is 0.397 e. The zero-order valence-corrected chi connectivity index (χ0v) is 20.7. The van der Waals surface area contributed by atoms with Crippen LogP contribution in [-0.2, 0) is 28.8 Å². The van der Waals surface area contributed by atoms with Crippen LogP contribution in [0.2, 0.25) is 0 Å². The van der Waals surface area contributed by atoms with E-state index in [4.69, 9.17) is 18.8 Å². The molecule has 0 saturated heterocycles. The Labute approximate surface area is 191 Å². The molecule has 0 saturated carbocycles. The Morgan fingerprint density at radius 2 is 0.839 bits per heavy atom. The first kappa shape index (κ1) is 32.9. The van der Waals surface area contributed by atoms with Crippen molar-refractivity contribution in [2.45, 2.75) is 96.8 Å². The fourth-order valence-corrected chi connectivity index (χ4v) is 3.42. The van der Waals surface area contributed by atoms with Crippen LogP contribution < -0.4 is 6.15 Å². The van der Waals surface area contributed by atoms with Gasteiger partial charge in [0.25, 0.3) is 0 Å². The smallest absolute Gasteiger partial charge is 0.379 e. The molecular weight excluding hydrogens is 422 g/mol. The Morgan fingerprint density at radius 3 is 1.23 bits per heavy atom. The standard InChI is InChI=1S/C22H46O7S.H3N/c1-2-3-4-5-6-7-8-9-10-11-12-13-14-15-16-26-17-18-27-19-20-28-21-22-29-30(23,24)25;/h2-22H2,1H3,(H,23,24,25);1H3. The molecule has 0 unspecified atom stereocenters. The summed E-state index contributed by atoms with van der Waals surface area (Å²) < 4.78 is 49.0. The number of rotatable bonds is 25. The molecule has 0 atom stereocenters. The first-order chi connectivity index (χ1) is 14.6. The molecule has 0 aromatic heterocycles. The molecule has 0 aliphatic rings. The van der Waals surface area contributed by atoms with Crippen LogP contribution in [0, 0.1) is 0 Å². The van der Waals surface area contributed by atoms with Crippen molar-refractivity contribution in [1.29, 1.82) is 0 Å². The van der Waals surface area contributed by atoms with Crippen LogP contribution in [0.5, 0.6) is 0 Å². The molecule has 0 radical (unpaired) electrons. The van der Waals surface area contributed by atoms with Crippen LogP contribution in [0.1, 0.15) is 96.8 Å². The highest BCUT2D eigenvalue weighted by Crippen LogP contribution is 2.12. The molecule has 9 heteroatoms. The fraction of sp³-hybridized carbons (Fsp3) is 1.00. The highest BCUT2D eigenvalue weighted by Gasteiger charge is 2.02. The number of ether oxygens (including phenoxy) is 3. The monoisotopic (exact) mass is 471 g/mol. The number of unbranched alkanes of at least 4 members (excludes halogenated alkanes) is 13. The summed E-state index contributed by atoms with van der Waals surface area (Å²) in [5.74, 6) is 0. The molecule has 0 amide bonds. The Balaban J connectivity index is 0. The van der Waals surface area contributed by atoms with Gasteiger partial charge in [0, 0.05) is 6.61 Å². The van der Waals surface area contributed by atoms with Crippen LogP contribution in [0.3, 0.4) is 0 Å². The lowest BCUT2D eigenvalue weighted by Gasteiger charge is -2.07. The van der Waals surface area contributed by atoms with E-state index in [1.807, 2.05) is 0 Å². The summed E-state index contributed by atoms with van der Waals surface area (Å²) in [6.45, 7) is 4.77. The molecule has 190 valence electrons. The predicted molar refractivity (Wildman–Crippen MR) is 125 cm³/mol. The van der Waals surface area contributed by atoms with E-state index in [2.05, 4.69) is 11.1 Å². The van der Waals surface area contributed by atoms with E-state index < -0.39 is 10.4 Å². The van der Waals surface area contributed by atoms with Gasteiger partial charge < -0.3 is 20.4 Å². The predicted octanol–water partition coefficient (Wildman–Crippen LogP) is 5.50. The van der Waals surface area contributed by atoms with Crippen LogP contribution >= 0.6 is 0 Å². The van der Waals surface area contributed by atoms with Crippen molar-refractivity contribution in [3.05, 3.63) is 0 Å². The van der Waals surface area contributed by atoms with Crippen molar-refractivity contribution in [2.75, 3.05) is 46.2 Å². The van der Waals surface area contributed by atoms with E-state index in [1.165, 1.54) is 83.5 Å². The van der Waals surface area contributed by atoms with Crippen LogP contribution in [0.15, 0.2) is 0 Å². The zero-order valence-electron chi connectivity index (χ0n) is 19.9. The van der Waals surface area contributed by atoms with Gasteiger partial charge in [0.1, 0.15) is 0 Å². The summed E-state index contributed by atoms with van der Waals surface area (Å²) in [4.78, 5) is 0. The average Bonchev–Trinajstić information content (AvgIpc) is 2.70. The molecule has 4 N–H and O–H groups in total. The van der Waals surface area contributed by atoms with Gasteiger partial charge in [0.15, 0.2) is 0 Å². The third kappa shape index (κ3) is 32.0. The van der Waals surface area contributed by atoms with Gasteiger partial charge in [-0.05, 0) is 6.42 Å². The van der Waals surface area contributed by atoms with Gasteiger partial charge >= 0.3 is 10.4 Å². The Hall–Kier alpha value is -0.290. The summed E-state index contributed by atoms with van der Waals surface area (Å²) in [7, 11) is -4.38. The minimum absolute atomic E-state index is 0. The summed E-state index contributed by atoms with van der Waals surface area (Å²) >= 11 is 0. The molecule has 31 heavy (non-hydrogen) atoms. The number of hydrogen-bond donors (Lipinski definition) is 2. The molecular formula is C22H49NO7S. The van der Waals surface area contributed by atoms with E-state index in [0.29, 0.717) is 26.4 Å². The van der Waals surface area contributed by atoms with E-state index in [9.17, 15) is 8.42 Å². The second-order valence-electron chi connectivity index (χ2n) is 7.68. The van der Waals surface area contributed by atoms with Gasteiger partial charge in [-0.15, -0.1) is 0 Å². The van der Waals surface area contributed by atoms with Crippen LogP contribution in [-0.4, -0.2) is 59.2 Å². The van der Waals surface area contributed by atoms with Gasteiger partial charge in [0.2, 0.25) is 0 Å². The Morgan fingerprint density at radius 1 is 0.516 bits per heavy atom. The second-order valence-corrected chi connectivity index (χ2v) is 8.77. The zero-order chi connectivity index (χ0) is 22.2. The summed E-state index contributed by atoms with van der Waals surface area (Å²) in [5.41, 5.74) is 0. The van der Waals surface area contributed by atoms with Crippen LogP contribution in [0.25, 0.3) is 0 Å². The molecule has 0 aliphatic carbocycles. The fourth-order valence-electron chi connectivity index (χ4n) is 3.14. The molecule has 0 aliphatic heterocycles. The summed E-state index contributed by atoms with van der Waals surface area (Å²) in [6, 6.07) is 0. The Bertz CT molecular complexity index is 436. The van der Waals surface area contributed by atoms with Gasteiger partial charge in [-0.3, -0.25) is 4.55 Å². The Kier molecular flexibility index (Phi) is 27.5. The molecule has 8 nitrogen and oxygen atoms in total. The largest absolute Gasteiger partial charge is 0.397 e. The van der Waals surface area contributed by atoms with Crippen molar-refractivity contribution in [2.24, 2.45) is 0 Å². The first-order valence-corrected chi connectivity index (χ1v) is 13.3. The molecule has 0 aromatic carbocycles. The lowest BCUT2D eigenvalue weighted by Crippen LogP contribution is -2.13. The topological polar surface area (TPSA) is 126 Å². The lowest BCUT2D eigenvalue weighted by atomic mass is 10.0. The minimum atomic E-state index is -4.38. The third-order valence-corrected chi connectivity index (χ3v) is 5.31. The second kappa shape index (κ2) is 26.0. The molecule has 0 spiro atoms. The lowest BCUT2D eigenvalue weighted by molar-refractivity contribution is 0.00854. The van der Waals surface area contributed by atoms with E-state index >= 15 is 0 Å². The van der Waals surface area contributed by atoms with E-state index in [0.717, 1.165) is 13.0 Å². The normalized spacial score (nSPS) is 11.5. The maximum absolute atomic E-state index is 10.3. The van der Waals surface area contributed by atoms with Gasteiger partial charge in [-0.25, -0.2) is 4.18 Å². The van der Waals surface area contributed by atoms with Crippen molar-refractivity contribution in [3.63, 3.8) is 0 Å². The van der Waals surface area contributed by atoms with Gasteiger partial charge in [-0.2, -0.15) is 8.42 Å². The van der Waals surface area contributed by atoms with Crippen LogP contribution in [0.4, 0.5) is 0 Å². The number of hydrogen-bond acceptors (Lipinski definition) is 7. The molecule has 0 heterocycles. The molecule has 0 bridgehead atoms. The van der Waals surface area contributed by atoms with Crippen molar-refractivity contribution in [1.82, 2.24) is 6.15 Å². The SMILES string of the molecule is CCCCCCCCCCCCCCCCOCCOCCOCCOS(=O)(=O)O.N. The summed E-state index contributed by atoms with van der Waals surface area (Å²) in [6.07, 6.45) is 19.0. The third-order valence-electron chi connectivity index (χ3n) is 4.85. The van der Waals surface area contributed by atoms with Gasteiger partial charge in [-0.1, -0.05) is 90.4 Å². The summed E-state index contributed by atoms with van der Waals surface area (Å²) in [5, 5.41) is 0. The average molecular weight is 472 g/mol. The van der Waals surface area contributed by atoms with Crippen molar-refractivity contribution >= 4 is 10.4 Å². The van der Waals surface area contributed by atoms with Crippen molar-refractivity contribution < 1.29 is 31.4 Å². The highest BCUT2D eigenvalue weighted by atomic mass is 32.3. The maximum atomic E-state index is 10.3. The molecule has 0 fully saturated rings. The highest BCUT2D eigenvalue weighted by molar-refractivity contribution is 7.80. The van der Waals surface area contributed by atoms with E-state index in [-0.39, 0.29) is 19.4 Å². The quantitative estimate of drug-likeness (QED) is 0.132. The molecule has 0 aromatic rings. The first-order valence-electron chi connectivity index (χ1n) is 11.9. The minimum Gasteiger partial charge on any atom is -0.379 e. The van der Waals surface area contributed by atoms with E-state index in [1.54, 1.807) is 0 Å². The molecule has 0 rings (SSSR count). The van der Waals surface area contributed by atoms with Gasteiger partial charge in [0.05, 0.1) is 39.6 Å².